The zero-order chi connectivity index (χ0) is 14.8. The Labute approximate surface area is 124 Å². The van der Waals surface area contributed by atoms with E-state index < -0.39 is 0 Å². The average molecular weight is 304 g/mol. The molecule has 0 aliphatic heterocycles. The van der Waals surface area contributed by atoms with Gasteiger partial charge >= 0.3 is 0 Å². The number of halogens is 1. The van der Waals surface area contributed by atoms with Crippen LogP contribution < -0.4 is 15.2 Å². The third-order valence-corrected chi connectivity index (χ3v) is 2.91. The van der Waals surface area contributed by atoms with Gasteiger partial charge in [-0.25, -0.2) is 0 Å². The highest BCUT2D eigenvalue weighted by Crippen LogP contribution is 2.36. The molecule has 2 N–H and O–H groups in total. The van der Waals surface area contributed by atoms with Gasteiger partial charge in [0, 0.05) is 7.11 Å². The van der Waals surface area contributed by atoms with Gasteiger partial charge in [0.15, 0.2) is 11.5 Å². The fourth-order valence-electron chi connectivity index (χ4n) is 1.67. The number of benzene rings is 1. The van der Waals surface area contributed by atoms with Crippen LogP contribution in [0.4, 0.5) is 0 Å². The van der Waals surface area contributed by atoms with Crippen LogP contribution in [0.25, 0.3) is 0 Å². The molecule has 1 aromatic carbocycles. The molecule has 0 saturated carbocycles. The number of ether oxygens (including phenoxy) is 4. The number of hydrogen-bond acceptors (Lipinski definition) is 5. The molecule has 114 valence electrons. The van der Waals surface area contributed by atoms with E-state index >= 15 is 0 Å². The van der Waals surface area contributed by atoms with Gasteiger partial charge in [-0.1, -0.05) is 11.6 Å². The van der Waals surface area contributed by atoms with E-state index in [0.717, 1.165) is 12.0 Å². The predicted molar refractivity (Wildman–Crippen MR) is 79.0 cm³/mol. The van der Waals surface area contributed by atoms with Gasteiger partial charge in [-0.3, -0.25) is 0 Å². The normalized spacial score (nSPS) is 10.6. The van der Waals surface area contributed by atoms with Crippen LogP contribution in [0.5, 0.6) is 11.5 Å². The first-order chi connectivity index (χ1) is 9.72. The highest BCUT2D eigenvalue weighted by molar-refractivity contribution is 6.32. The molecule has 0 saturated heterocycles. The van der Waals surface area contributed by atoms with Crippen molar-refractivity contribution in [3.05, 3.63) is 22.7 Å². The standard InChI is InChI=1S/C14H22ClNO4/c1-17-5-6-19-7-8-20-14-12(15)9-11(3-4-16)10-13(14)18-2/h9-10H,3-8,16H2,1-2H3. The van der Waals surface area contributed by atoms with Crippen molar-refractivity contribution in [2.75, 3.05) is 47.2 Å². The first kappa shape index (κ1) is 17.0. The van der Waals surface area contributed by atoms with Gasteiger partial charge in [0.2, 0.25) is 0 Å². The Morgan fingerprint density at radius 1 is 1.10 bits per heavy atom. The molecule has 0 bridgehead atoms. The van der Waals surface area contributed by atoms with Crippen molar-refractivity contribution in [3.63, 3.8) is 0 Å². The smallest absolute Gasteiger partial charge is 0.179 e. The third-order valence-electron chi connectivity index (χ3n) is 2.63. The molecule has 0 aliphatic carbocycles. The summed E-state index contributed by atoms with van der Waals surface area (Å²) >= 11 is 6.20. The quantitative estimate of drug-likeness (QED) is 0.669. The summed E-state index contributed by atoms with van der Waals surface area (Å²) in [5, 5.41) is 0.518. The molecule has 1 aromatic rings. The summed E-state index contributed by atoms with van der Waals surface area (Å²) in [5.41, 5.74) is 6.56. The molecule has 0 spiro atoms. The van der Waals surface area contributed by atoms with Crippen molar-refractivity contribution in [2.45, 2.75) is 6.42 Å². The van der Waals surface area contributed by atoms with Crippen molar-refractivity contribution in [2.24, 2.45) is 5.73 Å². The largest absolute Gasteiger partial charge is 0.493 e. The van der Waals surface area contributed by atoms with Crippen LogP contribution >= 0.6 is 11.6 Å². The maximum atomic E-state index is 6.20. The highest BCUT2D eigenvalue weighted by Gasteiger charge is 2.11. The molecule has 0 fully saturated rings. The van der Waals surface area contributed by atoms with E-state index in [0.29, 0.717) is 49.5 Å². The van der Waals surface area contributed by atoms with E-state index in [2.05, 4.69) is 0 Å². The van der Waals surface area contributed by atoms with Gasteiger partial charge in [0.1, 0.15) is 6.61 Å². The van der Waals surface area contributed by atoms with E-state index in [1.807, 2.05) is 12.1 Å². The Kier molecular flexibility index (Phi) is 8.37. The number of rotatable bonds is 10. The van der Waals surface area contributed by atoms with Gasteiger partial charge in [-0.15, -0.1) is 0 Å². The molecule has 20 heavy (non-hydrogen) atoms. The Morgan fingerprint density at radius 3 is 2.50 bits per heavy atom. The lowest BCUT2D eigenvalue weighted by Crippen LogP contribution is -2.11. The molecule has 0 radical (unpaired) electrons. The molecule has 0 atom stereocenters. The molecular formula is C14H22ClNO4. The van der Waals surface area contributed by atoms with Gasteiger partial charge in [0.25, 0.3) is 0 Å². The van der Waals surface area contributed by atoms with E-state index in [4.69, 9.17) is 36.3 Å². The molecule has 0 amide bonds. The molecule has 1 rings (SSSR count). The number of methoxy groups -OCH3 is 2. The van der Waals surface area contributed by atoms with Crippen LogP contribution in [-0.2, 0) is 15.9 Å². The molecule has 0 aromatic heterocycles. The van der Waals surface area contributed by atoms with Crippen molar-refractivity contribution in [3.8, 4) is 11.5 Å². The molecule has 0 heterocycles. The maximum Gasteiger partial charge on any atom is 0.179 e. The Bertz CT molecular complexity index is 401. The number of hydrogen-bond donors (Lipinski definition) is 1. The van der Waals surface area contributed by atoms with E-state index in [1.54, 1.807) is 14.2 Å². The minimum Gasteiger partial charge on any atom is -0.493 e. The zero-order valence-electron chi connectivity index (χ0n) is 12.0. The fourth-order valence-corrected chi connectivity index (χ4v) is 1.96. The van der Waals surface area contributed by atoms with E-state index in [-0.39, 0.29) is 0 Å². The summed E-state index contributed by atoms with van der Waals surface area (Å²) in [7, 11) is 3.22. The second-order valence-electron chi connectivity index (χ2n) is 4.10. The van der Waals surface area contributed by atoms with Crippen LogP contribution in [0.2, 0.25) is 5.02 Å². The van der Waals surface area contributed by atoms with Crippen LogP contribution in [-0.4, -0.2) is 47.2 Å². The van der Waals surface area contributed by atoms with Crippen molar-refractivity contribution in [1.82, 2.24) is 0 Å². The third kappa shape index (κ3) is 5.54. The number of nitrogens with two attached hydrogens (primary N) is 1. The maximum absolute atomic E-state index is 6.20. The van der Waals surface area contributed by atoms with Gasteiger partial charge in [-0.2, -0.15) is 0 Å². The Morgan fingerprint density at radius 2 is 1.85 bits per heavy atom. The van der Waals surface area contributed by atoms with Gasteiger partial charge in [-0.05, 0) is 30.7 Å². The lowest BCUT2D eigenvalue weighted by Gasteiger charge is -2.14. The fraction of sp³-hybridized carbons (Fsp3) is 0.571. The minimum absolute atomic E-state index is 0.399. The van der Waals surface area contributed by atoms with Gasteiger partial charge < -0.3 is 24.7 Å². The van der Waals surface area contributed by atoms with Gasteiger partial charge in [0.05, 0.1) is 32.0 Å². The summed E-state index contributed by atoms with van der Waals surface area (Å²) in [4.78, 5) is 0. The Balaban J connectivity index is 2.55. The summed E-state index contributed by atoms with van der Waals surface area (Å²) in [6, 6.07) is 3.73. The predicted octanol–water partition coefficient (Wildman–Crippen LogP) is 1.89. The SMILES string of the molecule is COCCOCCOc1c(Cl)cc(CCN)cc1OC. The molecule has 5 nitrogen and oxygen atoms in total. The average Bonchev–Trinajstić information content (AvgIpc) is 2.44. The summed E-state index contributed by atoms with van der Waals surface area (Å²) in [6.45, 7) is 2.54. The summed E-state index contributed by atoms with van der Waals surface area (Å²) in [5.74, 6) is 1.14. The second-order valence-corrected chi connectivity index (χ2v) is 4.51. The first-order valence-corrected chi connectivity index (χ1v) is 6.86. The van der Waals surface area contributed by atoms with Crippen LogP contribution in [0.1, 0.15) is 5.56 Å². The van der Waals surface area contributed by atoms with Crippen LogP contribution in [0.15, 0.2) is 12.1 Å². The second kappa shape index (κ2) is 9.83. The zero-order valence-corrected chi connectivity index (χ0v) is 12.7. The highest BCUT2D eigenvalue weighted by atomic mass is 35.5. The minimum atomic E-state index is 0.399. The van der Waals surface area contributed by atoms with Crippen molar-refractivity contribution < 1.29 is 18.9 Å². The summed E-state index contributed by atoms with van der Waals surface area (Å²) in [6.07, 6.45) is 0.747. The van der Waals surface area contributed by atoms with Crippen LogP contribution in [0, 0.1) is 0 Å². The molecular weight excluding hydrogens is 282 g/mol. The lowest BCUT2D eigenvalue weighted by atomic mass is 10.1. The Hall–Kier alpha value is -1.01. The molecule has 0 aliphatic rings. The molecule has 0 unspecified atom stereocenters. The topological polar surface area (TPSA) is 62.9 Å². The lowest BCUT2D eigenvalue weighted by molar-refractivity contribution is 0.0540. The molecule has 6 heteroatoms. The van der Waals surface area contributed by atoms with Crippen molar-refractivity contribution >= 4 is 11.6 Å². The first-order valence-electron chi connectivity index (χ1n) is 6.48. The summed E-state index contributed by atoms with van der Waals surface area (Å²) < 4.78 is 21.1. The monoisotopic (exact) mass is 303 g/mol. The van der Waals surface area contributed by atoms with E-state index in [1.165, 1.54) is 0 Å². The van der Waals surface area contributed by atoms with Crippen molar-refractivity contribution in [1.29, 1.82) is 0 Å². The van der Waals surface area contributed by atoms with Crippen LogP contribution in [0.3, 0.4) is 0 Å². The van der Waals surface area contributed by atoms with E-state index in [9.17, 15) is 0 Å².